The van der Waals surface area contributed by atoms with E-state index in [4.69, 9.17) is 16.9 Å². The Morgan fingerprint density at radius 1 is 1.02 bits per heavy atom. The number of nitrogens with one attached hydrogen (secondary N) is 2. The molecule has 0 radical (unpaired) electrons. The van der Waals surface area contributed by atoms with Crippen molar-refractivity contribution in [2.24, 2.45) is 11.3 Å². The maximum Gasteiger partial charge on any atom is 0.0706 e. The van der Waals surface area contributed by atoms with Gasteiger partial charge in [-0.25, -0.2) is 5.43 Å². The van der Waals surface area contributed by atoms with Crippen LogP contribution in [0.1, 0.15) is 121 Å². The molecule has 6 rings (SSSR count). The molecule has 60 heavy (non-hydrogen) atoms. The van der Waals surface area contributed by atoms with Crippen molar-refractivity contribution in [3.63, 3.8) is 0 Å². The number of nitrogens with zero attached hydrogens (tertiary/aromatic N) is 4. The van der Waals surface area contributed by atoms with Crippen LogP contribution in [0.25, 0.3) is 38.6 Å². The fourth-order valence-corrected chi connectivity index (χ4v) is 9.90. The van der Waals surface area contributed by atoms with E-state index in [1.54, 1.807) is 0 Å². The standard InChI is InChI=1S/C53H73N6.W/c1-12-14-25-53(9,10)35-47-46-34-43(23-24-49(46)58(13-2)52(47)45-22-19-26-55-50(45)37(5)6)44-31-40(29-36(3)4)30-41(32-44)33-48(39(8)59-28-18-17-27-56-59)57-38(7)51(54-11)42-20-15-16-21-42;/h12,19,22-24,26,30-32,34,37,42,48,51,56-57H,1,3,7-8,13-18,20-21,25,27-29,33,35H2,2,4-6,9-11H3;/q-1;. The number of hydrazine groups is 1. The molecule has 3 heterocycles. The number of allylic oxidation sites excluding steroid dienone is 2. The maximum absolute atomic E-state index is 4.95. The molecule has 2 fully saturated rings. The second-order valence-electron chi connectivity index (χ2n) is 18.7. The molecule has 0 bridgehead atoms. The molecule has 1 aliphatic carbocycles. The third kappa shape index (κ3) is 11.2. The molecule has 1 saturated heterocycles. The van der Waals surface area contributed by atoms with Crippen LogP contribution in [0.15, 0.2) is 104 Å². The van der Waals surface area contributed by atoms with Gasteiger partial charge in [-0.2, -0.15) is 7.05 Å². The summed E-state index contributed by atoms with van der Waals surface area (Å²) in [5.74, 6) is 0.863. The SMILES string of the molecule is C=CCCC(C)(C)Cc1c(-c2cccnc2C(C)C)n(CC)c2ccc(-c3cc(CC(=C)C)cc(CC(NC(=C)C([N-]C)C4CCCC4)C(=C)N4CCCCN4)c3)cc12.[W]. The van der Waals surface area contributed by atoms with Gasteiger partial charge < -0.3 is 20.2 Å². The summed E-state index contributed by atoms with van der Waals surface area (Å²) in [6.07, 6.45) is 16.0. The second-order valence-corrected chi connectivity index (χ2v) is 18.7. The quantitative estimate of drug-likeness (QED) is 0.0867. The molecule has 2 aliphatic rings. The van der Waals surface area contributed by atoms with E-state index in [1.807, 2.05) is 13.2 Å². The molecule has 2 unspecified atom stereocenters. The Hall–Kier alpha value is -3.70. The smallest absolute Gasteiger partial charge is 0.0706 e. The van der Waals surface area contributed by atoms with Crippen molar-refractivity contribution in [1.82, 2.24) is 25.3 Å². The molecule has 322 valence electrons. The van der Waals surface area contributed by atoms with E-state index in [2.05, 4.69) is 136 Å². The van der Waals surface area contributed by atoms with E-state index in [0.29, 0.717) is 11.8 Å². The van der Waals surface area contributed by atoms with Crippen molar-refractivity contribution in [1.29, 1.82) is 0 Å². The van der Waals surface area contributed by atoms with Gasteiger partial charge in [0.25, 0.3) is 0 Å². The predicted octanol–water partition coefficient (Wildman–Crippen LogP) is 12.9. The molecule has 2 N–H and O–H groups in total. The Balaban J connectivity index is 0.00000683. The number of aryl methyl sites for hydroxylation is 1. The zero-order valence-electron chi connectivity index (χ0n) is 38.0. The van der Waals surface area contributed by atoms with Gasteiger partial charge in [0.2, 0.25) is 0 Å². The maximum atomic E-state index is 4.95. The molecular formula is C53H73N6W-. The zero-order valence-corrected chi connectivity index (χ0v) is 40.9. The third-order valence-electron chi connectivity index (χ3n) is 12.8. The fourth-order valence-electron chi connectivity index (χ4n) is 9.90. The van der Waals surface area contributed by atoms with Crippen molar-refractivity contribution in [3.05, 3.63) is 132 Å². The number of likely N-dealkylation sites (N-methyl/N-ethyl adjacent to an activating group) is 1. The van der Waals surface area contributed by atoms with E-state index in [-0.39, 0.29) is 38.6 Å². The summed E-state index contributed by atoms with van der Waals surface area (Å²) in [6, 6.07) is 18.8. The van der Waals surface area contributed by atoms with Crippen molar-refractivity contribution in [2.75, 3.05) is 20.1 Å². The summed E-state index contributed by atoms with van der Waals surface area (Å²) in [6.45, 7) is 34.3. The molecule has 2 aromatic carbocycles. The van der Waals surface area contributed by atoms with Gasteiger partial charge in [0, 0.05) is 69.1 Å². The molecule has 0 spiro atoms. The first kappa shape index (κ1) is 47.3. The van der Waals surface area contributed by atoms with Gasteiger partial charge in [0.05, 0.1) is 17.4 Å². The van der Waals surface area contributed by atoms with Gasteiger partial charge in [-0.1, -0.05) is 121 Å². The second kappa shape index (κ2) is 21.4. The van der Waals surface area contributed by atoms with Crippen LogP contribution in [0, 0.1) is 11.3 Å². The van der Waals surface area contributed by atoms with Gasteiger partial charge in [0.15, 0.2) is 0 Å². The molecule has 6 nitrogen and oxygen atoms in total. The number of hydrogen-bond donors (Lipinski definition) is 2. The van der Waals surface area contributed by atoms with Crippen LogP contribution in [-0.4, -0.2) is 46.8 Å². The number of fused-ring (bicyclic) bond motifs is 1. The van der Waals surface area contributed by atoms with Crippen molar-refractivity contribution >= 4 is 10.9 Å². The summed E-state index contributed by atoms with van der Waals surface area (Å²) in [5, 5.41) is 12.4. The van der Waals surface area contributed by atoms with Crippen molar-refractivity contribution in [2.45, 2.75) is 137 Å². The van der Waals surface area contributed by atoms with E-state index < -0.39 is 0 Å². The molecule has 0 amide bonds. The van der Waals surface area contributed by atoms with Crippen molar-refractivity contribution in [3.8, 4) is 22.4 Å². The number of rotatable bonds is 20. The molecular weight excluding hydrogens is 904 g/mol. The van der Waals surface area contributed by atoms with Crippen LogP contribution in [0.2, 0.25) is 0 Å². The third-order valence-corrected chi connectivity index (χ3v) is 12.8. The van der Waals surface area contributed by atoms with Crippen LogP contribution in [-0.2, 0) is 46.9 Å². The van der Waals surface area contributed by atoms with E-state index in [1.165, 1.54) is 82.1 Å². The number of hydrogen-bond acceptors (Lipinski definition) is 4. The average molecular weight is 978 g/mol. The molecule has 7 heteroatoms. The number of aromatic nitrogens is 2. The number of pyridine rings is 1. The van der Waals surface area contributed by atoms with E-state index in [0.717, 1.165) is 80.8 Å². The van der Waals surface area contributed by atoms with Gasteiger partial charge >= 0.3 is 0 Å². The summed E-state index contributed by atoms with van der Waals surface area (Å²) in [5.41, 5.74) is 18.4. The van der Waals surface area contributed by atoms with Crippen LogP contribution in [0.3, 0.4) is 0 Å². The Labute approximate surface area is 377 Å². The van der Waals surface area contributed by atoms with E-state index >= 15 is 0 Å². The average Bonchev–Trinajstić information content (AvgIpc) is 3.86. The monoisotopic (exact) mass is 978 g/mol. The summed E-state index contributed by atoms with van der Waals surface area (Å²) in [4.78, 5) is 4.95. The summed E-state index contributed by atoms with van der Waals surface area (Å²) < 4.78 is 2.54. The topological polar surface area (TPSA) is 59.2 Å². The van der Waals surface area contributed by atoms with Gasteiger partial charge in [-0.3, -0.25) is 4.98 Å². The van der Waals surface area contributed by atoms with Crippen LogP contribution >= 0.6 is 0 Å². The normalized spacial score (nSPS) is 15.8. The summed E-state index contributed by atoms with van der Waals surface area (Å²) in [7, 11) is 1.96. The first-order chi connectivity index (χ1) is 28.3. The minimum Gasteiger partial charge on any atom is -0.657 e. The Kier molecular flexibility index (Phi) is 16.9. The Morgan fingerprint density at radius 2 is 1.77 bits per heavy atom. The Morgan fingerprint density at radius 3 is 2.42 bits per heavy atom. The molecule has 2 atom stereocenters. The van der Waals surface area contributed by atoms with Crippen LogP contribution in [0.5, 0.6) is 0 Å². The Bertz CT molecular complexity index is 2110. The molecule has 4 aromatic rings. The van der Waals surface area contributed by atoms with Crippen LogP contribution in [0.4, 0.5) is 0 Å². The summed E-state index contributed by atoms with van der Waals surface area (Å²) >= 11 is 0. The van der Waals surface area contributed by atoms with Gasteiger partial charge in [0.1, 0.15) is 0 Å². The first-order valence-corrected chi connectivity index (χ1v) is 22.6. The molecule has 2 aromatic heterocycles. The zero-order chi connectivity index (χ0) is 42.3. The van der Waals surface area contributed by atoms with Crippen LogP contribution < -0.4 is 10.7 Å². The number of benzene rings is 2. The minimum atomic E-state index is -0.0330. The van der Waals surface area contributed by atoms with Gasteiger partial charge in [-0.05, 0) is 128 Å². The fraction of sp³-hybridized carbons (Fsp3) is 0.491. The molecule has 1 aliphatic heterocycles. The van der Waals surface area contributed by atoms with Gasteiger partial charge in [-0.15, -0.1) is 6.58 Å². The molecule has 1 saturated carbocycles. The first-order valence-electron chi connectivity index (χ1n) is 22.6. The van der Waals surface area contributed by atoms with E-state index in [9.17, 15) is 0 Å². The predicted molar refractivity (Wildman–Crippen MR) is 254 cm³/mol. The minimum absolute atomic E-state index is 0. The largest absolute Gasteiger partial charge is 0.657 e. The van der Waals surface area contributed by atoms with Crippen molar-refractivity contribution < 1.29 is 21.1 Å².